The van der Waals surface area contributed by atoms with E-state index < -0.39 is 4.92 Å². The molecule has 0 unspecified atom stereocenters. The zero-order chi connectivity index (χ0) is 13.7. The molecule has 1 aromatic carbocycles. The molecule has 0 radical (unpaired) electrons. The van der Waals surface area contributed by atoms with Crippen LogP contribution in [0.4, 0.5) is 5.69 Å². The van der Waals surface area contributed by atoms with Gasteiger partial charge in [-0.15, -0.1) is 0 Å². The first-order valence-corrected chi connectivity index (χ1v) is 5.89. The van der Waals surface area contributed by atoms with Gasteiger partial charge in [0.15, 0.2) is 0 Å². The maximum atomic E-state index is 11.5. The van der Waals surface area contributed by atoms with Gasteiger partial charge in [0.25, 0.3) is 5.69 Å². The summed E-state index contributed by atoms with van der Waals surface area (Å²) < 4.78 is 5.00. The molecule has 0 spiro atoms. The summed E-state index contributed by atoms with van der Waals surface area (Å²) in [6.07, 6.45) is 0.471. The van der Waals surface area contributed by atoms with E-state index in [-0.39, 0.29) is 24.2 Å². The van der Waals surface area contributed by atoms with Crippen LogP contribution in [-0.4, -0.2) is 17.0 Å². The lowest BCUT2D eigenvalue weighted by atomic mass is 10.1. The fraction of sp³-hybridized carbons (Fsp3) is 0.462. The largest absolute Gasteiger partial charge is 0.463 e. The molecule has 98 valence electrons. The Labute approximate surface area is 106 Å². The molecule has 0 saturated carbocycles. The molecule has 0 N–H and O–H groups in total. The van der Waals surface area contributed by atoms with E-state index >= 15 is 0 Å². The highest BCUT2D eigenvalue weighted by atomic mass is 16.6. The smallest absolute Gasteiger partial charge is 0.310 e. The van der Waals surface area contributed by atoms with Gasteiger partial charge in [0.1, 0.15) is 0 Å². The summed E-state index contributed by atoms with van der Waals surface area (Å²) in [5.41, 5.74) is 1.33. The van der Waals surface area contributed by atoms with E-state index in [4.69, 9.17) is 4.74 Å². The predicted molar refractivity (Wildman–Crippen MR) is 67.4 cm³/mol. The van der Waals surface area contributed by atoms with Gasteiger partial charge in [-0.3, -0.25) is 14.9 Å². The highest BCUT2D eigenvalue weighted by molar-refractivity contribution is 5.73. The molecular weight excluding hydrogens is 234 g/mol. The molecule has 1 aromatic rings. The monoisotopic (exact) mass is 251 g/mol. The lowest BCUT2D eigenvalue weighted by molar-refractivity contribution is -0.385. The van der Waals surface area contributed by atoms with Crippen molar-refractivity contribution >= 4 is 11.7 Å². The molecule has 1 rings (SSSR count). The maximum Gasteiger partial charge on any atom is 0.310 e. The number of hydrogen-bond acceptors (Lipinski definition) is 4. The van der Waals surface area contributed by atoms with Crippen molar-refractivity contribution in [2.24, 2.45) is 0 Å². The highest BCUT2D eigenvalue weighted by Crippen LogP contribution is 2.21. The number of esters is 1. The summed E-state index contributed by atoms with van der Waals surface area (Å²) >= 11 is 0. The molecule has 0 saturated heterocycles. The fourth-order valence-electron chi connectivity index (χ4n) is 1.66. The minimum Gasteiger partial charge on any atom is -0.463 e. The van der Waals surface area contributed by atoms with Crippen molar-refractivity contribution in [3.63, 3.8) is 0 Å². The average molecular weight is 251 g/mol. The quantitative estimate of drug-likeness (QED) is 0.458. The van der Waals surface area contributed by atoms with Gasteiger partial charge in [0, 0.05) is 11.6 Å². The first-order chi connectivity index (χ1) is 8.43. The first kappa shape index (κ1) is 14.2. The van der Waals surface area contributed by atoms with Crippen LogP contribution in [0.25, 0.3) is 0 Å². The number of aryl methyl sites for hydroxylation is 1. The minimum absolute atomic E-state index is 0.0585. The van der Waals surface area contributed by atoms with Crippen LogP contribution < -0.4 is 0 Å². The van der Waals surface area contributed by atoms with Gasteiger partial charge >= 0.3 is 5.97 Å². The van der Waals surface area contributed by atoms with E-state index in [1.807, 2.05) is 6.92 Å². The third-order valence-corrected chi connectivity index (χ3v) is 2.44. The second kappa shape index (κ2) is 6.14. The molecule has 0 heterocycles. The van der Waals surface area contributed by atoms with Crippen LogP contribution in [0, 0.1) is 10.1 Å². The normalized spacial score (nSPS) is 10.4. The summed E-state index contributed by atoms with van der Waals surface area (Å²) in [6.45, 7) is 5.39. The van der Waals surface area contributed by atoms with Crippen molar-refractivity contribution in [3.8, 4) is 0 Å². The Hall–Kier alpha value is -1.91. The number of ether oxygens (including phenoxy) is 1. The topological polar surface area (TPSA) is 69.4 Å². The van der Waals surface area contributed by atoms with Gasteiger partial charge in [-0.25, -0.2) is 0 Å². The van der Waals surface area contributed by atoms with E-state index in [2.05, 4.69) is 0 Å². The van der Waals surface area contributed by atoms with Gasteiger partial charge in [-0.2, -0.15) is 0 Å². The molecule has 5 nitrogen and oxygen atoms in total. The van der Waals surface area contributed by atoms with E-state index in [1.54, 1.807) is 26.0 Å². The molecule has 0 aromatic heterocycles. The molecular formula is C13H17NO4. The number of nitro benzene ring substituents is 1. The summed E-state index contributed by atoms with van der Waals surface area (Å²) in [7, 11) is 0. The average Bonchev–Trinajstić information content (AvgIpc) is 2.27. The standard InChI is InChI=1S/C13H17NO4/c1-4-11-6-5-10(7-12(11)14(16)17)8-13(15)18-9(2)3/h5-7,9H,4,8H2,1-3H3. The van der Waals surface area contributed by atoms with E-state index in [0.29, 0.717) is 17.5 Å². The number of nitro groups is 1. The highest BCUT2D eigenvalue weighted by Gasteiger charge is 2.15. The van der Waals surface area contributed by atoms with Gasteiger partial charge in [-0.05, 0) is 25.8 Å². The molecule has 0 atom stereocenters. The molecule has 0 bridgehead atoms. The Kier molecular flexibility index (Phi) is 4.83. The van der Waals surface area contributed by atoms with Gasteiger partial charge in [0.05, 0.1) is 17.4 Å². The van der Waals surface area contributed by atoms with Gasteiger partial charge < -0.3 is 4.74 Å². The SMILES string of the molecule is CCc1ccc(CC(=O)OC(C)C)cc1[N+](=O)[O-]. The predicted octanol–water partition coefficient (Wildman–Crippen LogP) is 2.65. The van der Waals surface area contributed by atoms with Crippen molar-refractivity contribution < 1.29 is 14.5 Å². The molecule has 0 fully saturated rings. The molecule has 0 aliphatic carbocycles. The Morgan fingerprint density at radius 1 is 1.44 bits per heavy atom. The molecule has 0 aliphatic heterocycles. The third kappa shape index (κ3) is 3.84. The minimum atomic E-state index is -0.421. The van der Waals surface area contributed by atoms with Crippen molar-refractivity contribution in [3.05, 3.63) is 39.4 Å². The number of nitrogens with zero attached hydrogens (tertiary/aromatic N) is 1. The van der Waals surface area contributed by atoms with Crippen molar-refractivity contribution in [2.45, 2.75) is 39.7 Å². The van der Waals surface area contributed by atoms with Crippen LogP contribution in [0.15, 0.2) is 18.2 Å². The second-order valence-electron chi connectivity index (χ2n) is 4.29. The second-order valence-corrected chi connectivity index (χ2v) is 4.29. The number of benzene rings is 1. The number of carbonyl (C=O) groups excluding carboxylic acids is 1. The summed E-state index contributed by atoms with van der Waals surface area (Å²) in [4.78, 5) is 21.9. The van der Waals surface area contributed by atoms with Crippen LogP contribution in [0.3, 0.4) is 0 Å². The molecule has 5 heteroatoms. The van der Waals surface area contributed by atoms with E-state index in [0.717, 1.165) is 0 Å². The van der Waals surface area contributed by atoms with Crippen LogP contribution in [0.5, 0.6) is 0 Å². The molecule has 0 amide bonds. The zero-order valence-corrected chi connectivity index (χ0v) is 10.8. The van der Waals surface area contributed by atoms with Crippen LogP contribution in [-0.2, 0) is 22.4 Å². The Morgan fingerprint density at radius 2 is 2.11 bits per heavy atom. The van der Waals surface area contributed by atoms with E-state index in [9.17, 15) is 14.9 Å². The van der Waals surface area contributed by atoms with Crippen molar-refractivity contribution in [1.82, 2.24) is 0 Å². The van der Waals surface area contributed by atoms with Crippen LogP contribution in [0.2, 0.25) is 0 Å². The van der Waals surface area contributed by atoms with Gasteiger partial charge in [0.2, 0.25) is 0 Å². The Bertz CT molecular complexity index is 454. The Morgan fingerprint density at radius 3 is 2.61 bits per heavy atom. The Balaban J connectivity index is 2.88. The summed E-state index contributed by atoms with van der Waals surface area (Å²) in [6, 6.07) is 4.87. The van der Waals surface area contributed by atoms with E-state index in [1.165, 1.54) is 6.07 Å². The lowest BCUT2D eigenvalue weighted by Crippen LogP contribution is -2.13. The van der Waals surface area contributed by atoms with Crippen LogP contribution >= 0.6 is 0 Å². The first-order valence-electron chi connectivity index (χ1n) is 5.89. The van der Waals surface area contributed by atoms with Crippen LogP contribution in [0.1, 0.15) is 31.9 Å². The van der Waals surface area contributed by atoms with Gasteiger partial charge in [-0.1, -0.05) is 19.1 Å². The van der Waals surface area contributed by atoms with Crippen molar-refractivity contribution in [1.29, 1.82) is 0 Å². The molecule has 0 aliphatic rings. The fourth-order valence-corrected chi connectivity index (χ4v) is 1.66. The number of hydrogen-bond donors (Lipinski definition) is 0. The summed E-state index contributed by atoms with van der Waals surface area (Å²) in [5, 5.41) is 10.9. The maximum absolute atomic E-state index is 11.5. The lowest BCUT2D eigenvalue weighted by Gasteiger charge is -2.08. The number of carbonyl (C=O) groups is 1. The van der Waals surface area contributed by atoms with Crippen molar-refractivity contribution in [2.75, 3.05) is 0 Å². The number of rotatable bonds is 5. The zero-order valence-electron chi connectivity index (χ0n) is 10.8. The summed E-state index contributed by atoms with van der Waals surface area (Å²) in [5.74, 6) is -0.372. The third-order valence-electron chi connectivity index (χ3n) is 2.44. The molecule has 18 heavy (non-hydrogen) atoms.